The lowest BCUT2D eigenvalue weighted by molar-refractivity contribution is -0.384. The number of oxime groups is 1. The van der Waals surface area contributed by atoms with E-state index >= 15 is 0 Å². The summed E-state index contributed by atoms with van der Waals surface area (Å²) >= 11 is 5.78. The average molecular weight is 346 g/mol. The van der Waals surface area contributed by atoms with Crippen LogP contribution in [0, 0.1) is 10.1 Å². The van der Waals surface area contributed by atoms with Crippen molar-refractivity contribution in [3.8, 4) is 0 Å². The van der Waals surface area contributed by atoms with Crippen LogP contribution in [0.25, 0.3) is 0 Å². The SMILES string of the molecule is O=[N+]([O-])c1ccc(/C(=N\O)c2ncc(C(F)(F)F)cc2Cl)cc1. The van der Waals surface area contributed by atoms with Gasteiger partial charge in [-0.15, -0.1) is 0 Å². The predicted molar refractivity (Wildman–Crippen MR) is 74.8 cm³/mol. The molecular weight excluding hydrogens is 339 g/mol. The third kappa shape index (κ3) is 3.57. The van der Waals surface area contributed by atoms with Crippen molar-refractivity contribution in [2.24, 2.45) is 5.16 Å². The zero-order valence-electron chi connectivity index (χ0n) is 11.1. The second-order valence-electron chi connectivity index (χ2n) is 4.30. The molecule has 1 N–H and O–H groups in total. The molecule has 0 fully saturated rings. The fourth-order valence-electron chi connectivity index (χ4n) is 1.75. The Balaban J connectivity index is 2.44. The van der Waals surface area contributed by atoms with Gasteiger partial charge in [0.2, 0.25) is 0 Å². The van der Waals surface area contributed by atoms with Gasteiger partial charge < -0.3 is 5.21 Å². The number of benzene rings is 1. The molecule has 0 atom stereocenters. The molecule has 0 aliphatic carbocycles. The standard InChI is InChI=1S/C13H7ClF3N3O3/c14-10-5-8(13(15,16)17)6-18-12(10)11(19-21)7-1-3-9(4-2-7)20(22)23/h1-6,21H/b19-11+. The molecule has 2 aromatic rings. The van der Waals surface area contributed by atoms with E-state index in [1.807, 2.05) is 0 Å². The number of aromatic nitrogens is 1. The minimum Gasteiger partial charge on any atom is -0.410 e. The van der Waals surface area contributed by atoms with Crippen molar-refractivity contribution < 1.29 is 23.3 Å². The summed E-state index contributed by atoms with van der Waals surface area (Å²) in [4.78, 5) is 13.5. The van der Waals surface area contributed by atoms with Crippen LogP contribution in [-0.4, -0.2) is 20.8 Å². The molecule has 1 aromatic heterocycles. The summed E-state index contributed by atoms with van der Waals surface area (Å²) in [6.45, 7) is 0. The minimum absolute atomic E-state index is 0.184. The van der Waals surface area contributed by atoms with E-state index in [0.29, 0.717) is 12.3 Å². The molecule has 2 rings (SSSR count). The van der Waals surface area contributed by atoms with Crippen LogP contribution in [0.5, 0.6) is 0 Å². The Morgan fingerprint density at radius 1 is 1.30 bits per heavy atom. The Hall–Kier alpha value is -2.68. The minimum atomic E-state index is -4.61. The Morgan fingerprint density at radius 3 is 2.35 bits per heavy atom. The third-order valence-corrected chi connectivity index (χ3v) is 3.13. The van der Waals surface area contributed by atoms with Crippen LogP contribution >= 0.6 is 11.6 Å². The molecule has 10 heteroatoms. The molecule has 1 aromatic carbocycles. The van der Waals surface area contributed by atoms with Gasteiger partial charge in [0, 0.05) is 23.9 Å². The molecule has 1 heterocycles. The number of rotatable bonds is 3. The van der Waals surface area contributed by atoms with Gasteiger partial charge in [-0.1, -0.05) is 16.8 Å². The fraction of sp³-hybridized carbons (Fsp3) is 0.0769. The highest BCUT2D eigenvalue weighted by atomic mass is 35.5. The van der Waals surface area contributed by atoms with Gasteiger partial charge in [-0.3, -0.25) is 15.1 Å². The van der Waals surface area contributed by atoms with Crippen molar-refractivity contribution in [3.63, 3.8) is 0 Å². The van der Waals surface area contributed by atoms with Crippen LogP contribution in [0.4, 0.5) is 18.9 Å². The van der Waals surface area contributed by atoms with Gasteiger partial charge in [0.05, 0.1) is 15.5 Å². The smallest absolute Gasteiger partial charge is 0.410 e. The van der Waals surface area contributed by atoms with Crippen molar-refractivity contribution in [2.75, 3.05) is 0 Å². The summed E-state index contributed by atoms with van der Waals surface area (Å²) in [5.41, 5.74) is -1.44. The number of hydrogen-bond acceptors (Lipinski definition) is 5. The molecule has 6 nitrogen and oxygen atoms in total. The molecular formula is C13H7ClF3N3O3. The van der Waals surface area contributed by atoms with Gasteiger partial charge in [-0.2, -0.15) is 13.2 Å². The molecule has 0 aliphatic rings. The maximum Gasteiger partial charge on any atom is 0.417 e. The molecule has 23 heavy (non-hydrogen) atoms. The zero-order chi connectivity index (χ0) is 17.2. The number of nitrogens with zero attached hydrogens (tertiary/aromatic N) is 3. The fourth-order valence-corrected chi connectivity index (χ4v) is 2.01. The lowest BCUT2D eigenvalue weighted by Gasteiger charge is -2.10. The maximum atomic E-state index is 12.6. The number of nitro groups is 1. The highest BCUT2D eigenvalue weighted by Crippen LogP contribution is 2.31. The zero-order valence-corrected chi connectivity index (χ0v) is 11.8. The van der Waals surface area contributed by atoms with Gasteiger partial charge in [-0.05, 0) is 18.2 Å². The Kier molecular flexibility index (Phi) is 4.50. The van der Waals surface area contributed by atoms with Crippen LogP contribution < -0.4 is 0 Å². The van der Waals surface area contributed by atoms with E-state index in [-0.39, 0.29) is 27.7 Å². The van der Waals surface area contributed by atoms with Crippen LogP contribution in [0.2, 0.25) is 5.02 Å². The van der Waals surface area contributed by atoms with E-state index in [9.17, 15) is 23.3 Å². The molecule has 0 amide bonds. The number of hydrogen-bond donors (Lipinski definition) is 1. The number of alkyl halides is 3. The van der Waals surface area contributed by atoms with E-state index in [2.05, 4.69) is 10.1 Å². The summed E-state index contributed by atoms with van der Waals surface area (Å²) < 4.78 is 37.8. The second kappa shape index (κ2) is 6.21. The predicted octanol–water partition coefficient (Wildman–Crippen LogP) is 3.89. The Labute approximate surface area is 132 Å². The number of non-ortho nitro benzene ring substituents is 1. The van der Waals surface area contributed by atoms with E-state index < -0.39 is 16.7 Å². The first kappa shape index (κ1) is 16.7. The van der Waals surface area contributed by atoms with Crippen molar-refractivity contribution >= 4 is 23.0 Å². The summed E-state index contributed by atoms with van der Waals surface area (Å²) in [6.07, 6.45) is -4.06. The molecule has 0 spiro atoms. The lowest BCUT2D eigenvalue weighted by atomic mass is 10.1. The van der Waals surface area contributed by atoms with Gasteiger partial charge in [0.15, 0.2) is 0 Å². The normalized spacial score (nSPS) is 12.3. The van der Waals surface area contributed by atoms with Crippen LogP contribution in [0.3, 0.4) is 0 Å². The quantitative estimate of drug-likeness (QED) is 0.395. The molecule has 0 aliphatic heterocycles. The van der Waals surface area contributed by atoms with E-state index in [1.54, 1.807) is 0 Å². The van der Waals surface area contributed by atoms with Crippen LogP contribution in [0.1, 0.15) is 16.8 Å². The number of nitro benzene ring substituents is 1. The summed E-state index contributed by atoms with van der Waals surface area (Å²) in [5.74, 6) is 0. The lowest BCUT2D eigenvalue weighted by Crippen LogP contribution is -2.11. The largest absolute Gasteiger partial charge is 0.417 e. The molecule has 120 valence electrons. The van der Waals surface area contributed by atoms with Gasteiger partial charge in [0.1, 0.15) is 11.4 Å². The molecule has 0 radical (unpaired) electrons. The maximum absolute atomic E-state index is 12.6. The van der Waals surface area contributed by atoms with Crippen molar-refractivity contribution in [1.29, 1.82) is 0 Å². The molecule has 0 unspecified atom stereocenters. The topological polar surface area (TPSA) is 88.6 Å². The number of pyridine rings is 1. The first-order valence-electron chi connectivity index (χ1n) is 5.94. The summed E-state index contributed by atoms with van der Waals surface area (Å²) in [7, 11) is 0. The number of halogens is 4. The monoisotopic (exact) mass is 345 g/mol. The van der Waals surface area contributed by atoms with Gasteiger partial charge >= 0.3 is 6.18 Å². The Morgan fingerprint density at radius 2 is 1.91 bits per heavy atom. The summed E-state index contributed by atoms with van der Waals surface area (Å²) in [5, 5.41) is 22.3. The molecule has 0 saturated heterocycles. The second-order valence-corrected chi connectivity index (χ2v) is 4.71. The highest BCUT2D eigenvalue weighted by Gasteiger charge is 2.32. The van der Waals surface area contributed by atoms with Crippen LogP contribution in [-0.2, 0) is 6.18 Å². The van der Waals surface area contributed by atoms with E-state index in [0.717, 1.165) is 12.1 Å². The molecule has 0 saturated carbocycles. The Bertz CT molecular complexity index is 776. The van der Waals surface area contributed by atoms with Crippen LogP contribution in [0.15, 0.2) is 41.7 Å². The highest BCUT2D eigenvalue weighted by molar-refractivity contribution is 6.35. The van der Waals surface area contributed by atoms with Crippen molar-refractivity contribution in [2.45, 2.75) is 6.18 Å². The first-order chi connectivity index (χ1) is 10.7. The van der Waals surface area contributed by atoms with E-state index in [4.69, 9.17) is 16.8 Å². The van der Waals surface area contributed by atoms with Crippen molar-refractivity contribution in [3.05, 3.63) is 68.5 Å². The third-order valence-electron chi connectivity index (χ3n) is 2.84. The van der Waals surface area contributed by atoms with Gasteiger partial charge in [0.25, 0.3) is 5.69 Å². The first-order valence-corrected chi connectivity index (χ1v) is 6.32. The average Bonchev–Trinajstić information content (AvgIpc) is 2.49. The van der Waals surface area contributed by atoms with E-state index in [1.165, 1.54) is 12.1 Å². The molecule has 0 bridgehead atoms. The van der Waals surface area contributed by atoms with Crippen molar-refractivity contribution in [1.82, 2.24) is 4.98 Å². The summed E-state index contributed by atoms with van der Waals surface area (Å²) in [6, 6.07) is 5.49. The van der Waals surface area contributed by atoms with Gasteiger partial charge in [-0.25, -0.2) is 0 Å².